The minimum atomic E-state index is -1.19. The second kappa shape index (κ2) is 8.98. The van der Waals surface area contributed by atoms with Crippen LogP contribution in [-0.4, -0.2) is 27.1 Å². The van der Waals surface area contributed by atoms with Crippen molar-refractivity contribution in [2.45, 2.75) is 39.4 Å². The maximum Gasteiger partial charge on any atom is 0.277 e. The van der Waals surface area contributed by atoms with Gasteiger partial charge in [-0.25, -0.2) is 0 Å². The minimum absolute atomic E-state index is 0.235. The molecular formula is C27H25ClN4O2S. The van der Waals surface area contributed by atoms with Crippen molar-refractivity contribution in [3.63, 3.8) is 0 Å². The van der Waals surface area contributed by atoms with Crippen LogP contribution in [-0.2, 0) is 17.9 Å². The topological polar surface area (TPSA) is 67.2 Å². The standard InChI is InChI=1S/C27H25ClN4O2S/c1-17-6-4-7-22(18(17)2)32-25(33)23-14-21(24-8-5-13-35-24)30-31(23)16-27(32,3)26(34)29-15-19-9-11-20(28)12-10-19/h4-14H,15-16H2,1-3H3,(H,29,34)/t27-/m1/s1. The number of carbonyl (C=O) groups excluding carboxylic acids is 2. The Labute approximate surface area is 213 Å². The van der Waals surface area contributed by atoms with E-state index in [1.54, 1.807) is 40.0 Å². The third kappa shape index (κ3) is 4.15. The number of benzene rings is 2. The van der Waals surface area contributed by atoms with Gasteiger partial charge in [0, 0.05) is 17.3 Å². The lowest BCUT2D eigenvalue weighted by Crippen LogP contribution is -2.64. The lowest BCUT2D eigenvalue weighted by molar-refractivity contribution is -0.126. The first kappa shape index (κ1) is 23.3. The van der Waals surface area contributed by atoms with E-state index >= 15 is 0 Å². The predicted molar refractivity (Wildman–Crippen MR) is 140 cm³/mol. The number of halogens is 1. The van der Waals surface area contributed by atoms with Crippen LogP contribution in [0, 0.1) is 13.8 Å². The average molecular weight is 505 g/mol. The second-order valence-corrected chi connectivity index (χ2v) is 10.4. The number of fused-ring (bicyclic) bond motifs is 1. The van der Waals surface area contributed by atoms with Gasteiger partial charge in [0.2, 0.25) is 5.91 Å². The highest BCUT2D eigenvalue weighted by atomic mass is 35.5. The van der Waals surface area contributed by atoms with Crippen molar-refractivity contribution in [2.24, 2.45) is 0 Å². The molecule has 0 bridgehead atoms. The van der Waals surface area contributed by atoms with Crippen LogP contribution in [0.5, 0.6) is 0 Å². The number of nitrogens with zero attached hydrogens (tertiary/aromatic N) is 3. The van der Waals surface area contributed by atoms with Crippen molar-refractivity contribution in [1.82, 2.24) is 15.1 Å². The Morgan fingerprint density at radius 1 is 1.14 bits per heavy atom. The molecule has 5 rings (SSSR count). The van der Waals surface area contributed by atoms with Gasteiger partial charge in [-0.1, -0.05) is 41.9 Å². The summed E-state index contributed by atoms with van der Waals surface area (Å²) in [4.78, 5) is 30.3. The zero-order chi connectivity index (χ0) is 24.7. The first-order valence-electron chi connectivity index (χ1n) is 11.3. The van der Waals surface area contributed by atoms with Crippen LogP contribution in [0.4, 0.5) is 5.69 Å². The molecule has 0 saturated heterocycles. The molecule has 35 heavy (non-hydrogen) atoms. The molecule has 2 aromatic carbocycles. The number of carbonyl (C=O) groups is 2. The number of hydrogen-bond donors (Lipinski definition) is 1. The fourth-order valence-corrected chi connectivity index (χ4v) is 5.26. The average Bonchev–Trinajstić information content (AvgIpc) is 3.51. The fraction of sp³-hybridized carbons (Fsp3) is 0.222. The van der Waals surface area contributed by atoms with E-state index < -0.39 is 5.54 Å². The van der Waals surface area contributed by atoms with Gasteiger partial charge in [0.15, 0.2) is 0 Å². The van der Waals surface area contributed by atoms with Gasteiger partial charge in [-0.05, 0) is 73.2 Å². The molecule has 2 amide bonds. The van der Waals surface area contributed by atoms with Crippen molar-refractivity contribution in [3.8, 4) is 10.6 Å². The maximum absolute atomic E-state index is 14.0. The molecule has 0 radical (unpaired) electrons. The minimum Gasteiger partial charge on any atom is -0.350 e. The van der Waals surface area contributed by atoms with E-state index in [1.807, 2.05) is 67.8 Å². The molecular weight excluding hydrogens is 480 g/mol. The molecule has 1 aliphatic rings. The second-order valence-electron chi connectivity index (χ2n) is 8.99. The van der Waals surface area contributed by atoms with Crippen LogP contribution < -0.4 is 10.2 Å². The molecule has 0 aliphatic carbocycles. The molecule has 1 aliphatic heterocycles. The number of amides is 2. The van der Waals surface area contributed by atoms with Gasteiger partial charge in [-0.15, -0.1) is 11.3 Å². The molecule has 2 aromatic heterocycles. The number of anilines is 1. The van der Waals surface area contributed by atoms with E-state index in [9.17, 15) is 9.59 Å². The summed E-state index contributed by atoms with van der Waals surface area (Å²) in [5.41, 5.74) is 3.68. The number of rotatable bonds is 5. The summed E-state index contributed by atoms with van der Waals surface area (Å²) in [6.07, 6.45) is 0. The lowest BCUT2D eigenvalue weighted by atomic mass is 9.92. The monoisotopic (exact) mass is 504 g/mol. The van der Waals surface area contributed by atoms with Crippen molar-refractivity contribution >= 4 is 40.4 Å². The zero-order valence-electron chi connectivity index (χ0n) is 19.7. The van der Waals surface area contributed by atoms with Crippen LogP contribution >= 0.6 is 22.9 Å². The normalized spacial score (nSPS) is 17.4. The van der Waals surface area contributed by atoms with Gasteiger partial charge in [0.25, 0.3) is 5.91 Å². The highest BCUT2D eigenvalue weighted by Gasteiger charge is 2.49. The molecule has 4 aromatic rings. The number of hydrogen-bond acceptors (Lipinski definition) is 4. The van der Waals surface area contributed by atoms with Gasteiger partial charge in [0.05, 0.1) is 11.4 Å². The highest BCUT2D eigenvalue weighted by Crippen LogP contribution is 2.37. The molecule has 0 fully saturated rings. The lowest BCUT2D eigenvalue weighted by Gasteiger charge is -2.43. The molecule has 1 N–H and O–H groups in total. The summed E-state index contributed by atoms with van der Waals surface area (Å²) >= 11 is 7.56. The van der Waals surface area contributed by atoms with E-state index in [2.05, 4.69) is 5.32 Å². The van der Waals surface area contributed by atoms with E-state index in [-0.39, 0.29) is 18.4 Å². The summed E-state index contributed by atoms with van der Waals surface area (Å²) < 4.78 is 1.67. The van der Waals surface area contributed by atoms with Crippen LogP contribution in [0.15, 0.2) is 66.0 Å². The summed E-state index contributed by atoms with van der Waals surface area (Å²) in [6, 6.07) is 18.9. The Kier molecular flexibility index (Phi) is 5.99. The van der Waals surface area contributed by atoms with Crippen molar-refractivity contribution < 1.29 is 9.59 Å². The molecule has 0 spiro atoms. The highest BCUT2D eigenvalue weighted by molar-refractivity contribution is 7.13. The Balaban J connectivity index is 1.56. The number of aromatic nitrogens is 2. The zero-order valence-corrected chi connectivity index (χ0v) is 21.3. The molecule has 3 heterocycles. The van der Waals surface area contributed by atoms with Crippen LogP contribution in [0.25, 0.3) is 10.6 Å². The Morgan fingerprint density at radius 3 is 2.63 bits per heavy atom. The third-order valence-electron chi connectivity index (χ3n) is 6.60. The fourth-order valence-electron chi connectivity index (χ4n) is 4.46. The van der Waals surface area contributed by atoms with E-state index in [1.165, 1.54) is 0 Å². The van der Waals surface area contributed by atoms with Crippen molar-refractivity contribution in [3.05, 3.63) is 93.5 Å². The quantitative estimate of drug-likeness (QED) is 0.383. The third-order valence-corrected chi connectivity index (χ3v) is 7.74. The molecule has 1 atom stereocenters. The van der Waals surface area contributed by atoms with Gasteiger partial charge in [-0.3, -0.25) is 19.2 Å². The largest absolute Gasteiger partial charge is 0.350 e. The van der Waals surface area contributed by atoms with Gasteiger partial charge in [0.1, 0.15) is 16.9 Å². The summed E-state index contributed by atoms with van der Waals surface area (Å²) in [7, 11) is 0. The SMILES string of the molecule is Cc1cccc(N2C(=O)c3cc(-c4cccs4)nn3C[C@]2(C)C(=O)NCc2ccc(Cl)cc2)c1C. The van der Waals surface area contributed by atoms with Crippen molar-refractivity contribution in [2.75, 3.05) is 4.90 Å². The smallest absolute Gasteiger partial charge is 0.277 e. The van der Waals surface area contributed by atoms with Crippen LogP contribution in [0.1, 0.15) is 34.1 Å². The van der Waals surface area contributed by atoms with E-state index in [0.717, 1.165) is 32.9 Å². The predicted octanol–water partition coefficient (Wildman–Crippen LogP) is 5.62. The van der Waals surface area contributed by atoms with Crippen LogP contribution in [0.3, 0.4) is 0 Å². The number of thiophene rings is 1. The van der Waals surface area contributed by atoms with Gasteiger partial charge < -0.3 is 5.32 Å². The van der Waals surface area contributed by atoms with E-state index in [4.69, 9.17) is 16.7 Å². The van der Waals surface area contributed by atoms with Gasteiger partial charge >= 0.3 is 0 Å². The van der Waals surface area contributed by atoms with Crippen LogP contribution in [0.2, 0.25) is 5.02 Å². The first-order valence-corrected chi connectivity index (χ1v) is 12.6. The Hall–Kier alpha value is -3.42. The molecule has 8 heteroatoms. The molecule has 0 saturated carbocycles. The number of nitrogens with one attached hydrogen (secondary N) is 1. The number of aryl methyl sites for hydroxylation is 1. The molecule has 0 unspecified atom stereocenters. The first-order chi connectivity index (χ1) is 16.8. The maximum atomic E-state index is 14.0. The Bertz CT molecular complexity index is 1410. The Morgan fingerprint density at radius 2 is 1.91 bits per heavy atom. The van der Waals surface area contributed by atoms with E-state index in [0.29, 0.717) is 17.3 Å². The summed E-state index contributed by atoms with van der Waals surface area (Å²) in [5.74, 6) is -0.495. The summed E-state index contributed by atoms with van der Waals surface area (Å²) in [5, 5.41) is 10.4. The van der Waals surface area contributed by atoms with Crippen molar-refractivity contribution in [1.29, 1.82) is 0 Å². The summed E-state index contributed by atoms with van der Waals surface area (Å²) in [6.45, 7) is 6.35. The molecule has 178 valence electrons. The molecule has 6 nitrogen and oxygen atoms in total. The van der Waals surface area contributed by atoms with Gasteiger partial charge in [-0.2, -0.15) is 5.10 Å².